The predicted molar refractivity (Wildman–Crippen MR) is 62.4 cm³/mol. The first-order chi connectivity index (χ1) is 6.35. The molecule has 0 aromatic carbocycles. The van der Waals surface area contributed by atoms with Crippen LogP contribution in [0.25, 0.3) is 0 Å². The van der Waals surface area contributed by atoms with Gasteiger partial charge in [-0.25, -0.2) is 0 Å². The van der Waals surface area contributed by atoms with Crippen molar-refractivity contribution < 1.29 is 4.74 Å². The fourth-order valence-electron chi connectivity index (χ4n) is 1.55. The van der Waals surface area contributed by atoms with Gasteiger partial charge >= 0.3 is 0 Å². The van der Waals surface area contributed by atoms with E-state index in [1.165, 1.54) is 12.8 Å². The zero-order chi connectivity index (χ0) is 11.2. The zero-order valence-corrected chi connectivity index (χ0v) is 10.5. The molecule has 86 valence electrons. The van der Waals surface area contributed by atoms with Crippen LogP contribution in [-0.4, -0.2) is 18.2 Å². The van der Waals surface area contributed by atoms with Crippen molar-refractivity contribution in [3.8, 4) is 0 Å². The van der Waals surface area contributed by atoms with Crippen LogP contribution in [0.3, 0.4) is 0 Å². The first-order valence-corrected chi connectivity index (χ1v) is 5.74. The van der Waals surface area contributed by atoms with Crippen LogP contribution in [0, 0.1) is 5.92 Å². The normalized spacial score (nSPS) is 16.7. The van der Waals surface area contributed by atoms with E-state index in [9.17, 15) is 0 Å². The molecule has 0 heterocycles. The molecule has 0 radical (unpaired) electrons. The van der Waals surface area contributed by atoms with Crippen molar-refractivity contribution >= 4 is 0 Å². The average Bonchev–Trinajstić information content (AvgIpc) is 2.00. The molecule has 0 spiro atoms. The van der Waals surface area contributed by atoms with Crippen LogP contribution in [0.2, 0.25) is 0 Å². The monoisotopic (exact) mass is 201 g/mol. The summed E-state index contributed by atoms with van der Waals surface area (Å²) in [5.41, 5.74) is 5.92. The molecule has 0 aromatic rings. The molecule has 0 aliphatic carbocycles. The highest BCUT2D eigenvalue weighted by Crippen LogP contribution is 2.13. The molecule has 0 amide bonds. The average molecular weight is 201 g/mol. The van der Waals surface area contributed by atoms with Gasteiger partial charge in [-0.2, -0.15) is 0 Å². The van der Waals surface area contributed by atoms with E-state index in [-0.39, 0.29) is 11.6 Å². The van der Waals surface area contributed by atoms with Crippen molar-refractivity contribution in [3.05, 3.63) is 0 Å². The Hall–Kier alpha value is -0.0800. The van der Waals surface area contributed by atoms with Gasteiger partial charge in [0, 0.05) is 6.04 Å². The number of hydrogen-bond donors (Lipinski definition) is 1. The van der Waals surface area contributed by atoms with Gasteiger partial charge in [0.1, 0.15) is 0 Å². The lowest BCUT2D eigenvalue weighted by molar-refractivity contribution is -0.0123. The molecular weight excluding hydrogens is 174 g/mol. The van der Waals surface area contributed by atoms with E-state index in [0.29, 0.717) is 6.61 Å². The third kappa shape index (κ3) is 8.52. The van der Waals surface area contributed by atoms with Crippen LogP contribution in [-0.2, 0) is 4.74 Å². The number of hydrogen-bond acceptors (Lipinski definition) is 2. The first kappa shape index (κ1) is 13.9. The van der Waals surface area contributed by atoms with Crippen molar-refractivity contribution in [2.24, 2.45) is 11.7 Å². The Morgan fingerprint density at radius 2 is 1.86 bits per heavy atom. The van der Waals surface area contributed by atoms with E-state index < -0.39 is 0 Å². The fraction of sp³-hybridized carbons (Fsp3) is 1.00. The smallest absolute Gasteiger partial charge is 0.0624 e. The lowest BCUT2D eigenvalue weighted by Crippen LogP contribution is -2.33. The molecule has 0 rings (SSSR count). The van der Waals surface area contributed by atoms with Gasteiger partial charge in [-0.15, -0.1) is 0 Å². The van der Waals surface area contributed by atoms with E-state index in [2.05, 4.69) is 34.6 Å². The van der Waals surface area contributed by atoms with Gasteiger partial charge < -0.3 is 10.5 Å². The quantitative estimate of drug-likeness (QED) is 0.717. The summed E-state index contributed by atoms with van der Waals surface area (Å²) in [4.78, 5) is 0. The van der Waals surface area contributed by atoms with Gasteiger partial charge in [0.2, 0.25) is 0 Å². The molecular formula is C12H27NO. The summed E-state index contributed by atoms with van der Waals surface area (Å²) in [7, 11) is 0. The highest BCUT2D eigenvalue weighted by Gasteiger charge is 2.14. The summed E-state index contributed by atoms with van der Waals surface area (Å²) in [5, 5.41) is 0. The molecule has 2 unspecified atom stereocenters. The maximum absolute atomic E-state index is 5.99. The summed E-state index contributed by atoms with van der Waals surface area (Å²) < 4.78 is 5.65. The molecule has 0 saturated heterocycles. The molecule has 0 bridgehead atoms. The Kier molecular flexibility index (Phi) is 6.38. The Bertz CT molecular complexity index is 140. The molecule has 2 nitrogen and oxygen atoms in total. The third-order valence-corrected chi connectivity index (χ3v) is 2.22. The Morgan fingerprint density at radius 1 is 1.29 bits per heavy atom. The SMILES string of the molecule is CCCC(C)CC(N)COC(C)(C)C. The summed E-state index contributed by atoms with van der Waals surface area (Å²) in [6.45, 7) is 11.4. The number of nitrogens with two attached hydrogens (primary N) is 1. The van der Waals surface area contributed by atoms with Crippen LogP contribution >= 0.6 is 0 Å². The maximum atomic E-state index is 5.99. The minimum Gasteiger partial charge on any atom is -0.374 e. The molecule has 0 saturated carbocycles. The van der Waals surface area contributed by atoms with E-state index in [0.717, 1.165) is 12.3 Å². The molecule has 0 aliphatic heterocycles. The van der Waals surface area contributed by atoms with Gasteiger partial charge in [0.15, 0.2) is 0 Å². The lowest BCUT2D eigenvalue weighted by atomic mass is 9.98. The van der Waals surface area contributed by atoms with Gasteiger partial charge in [-0.3, -0.25) is 0 Å². The molecule has 14 heavy (non-hydrogen) atoms. The summed E-state index contributed by atoms with van der Waals surface area (Å²) >= 11 is 0. The number of ether oxygens (including phenoxy) is 1. The zero-order valence-electron chi connectivity index (χ0n) is 10.5. The van der Waals surface area contributed by atoms with E-state index in [1.54, 1.807) is 0 Å². The Morgan fingerprint density at radius 3 is 2.29 bits per heavy atom. The van der Waals surface area contributed by atoms with E-state index in [4.69, 9.17) is 10.5 Å². The fourth-order valence-corrected chi connectivity index (χ4v) is 1.55. The van der Waals surface area contributed by atoms with Crippen molar-refractivity contribution in [2.45, 2.75) is 65.5 Å². The molecule has 2 atom stereocenters. The molecule has 0 aromatic heterocycles. The van der Waals surface area contributed by atoms with Gasteiger partial charge in [-0.1, -0.05) is 26.7 Å². The minimum absolute atomic E-state index is 0.0639. The van der Waals surface area contributed by atoms with Gasteiger partial charge in [-0.05, 0) is 33.1 Å². The Balaban J connectivity index is 3.59. The second-order valence-electron chi connectivity index (χ2n) is 5.31. The van der Waals surface area contributed by atoms with Crippen LogP contribution in [0.15, 0.2) is 0 Å². The van der Waals surface area contributed by atoms with Gasteiger partial charge in [0.05, 0.1) is 12.2 Å². The third-order valence-electron chi connectivity index (χ3n) is 2.22. The van der Waals surface area contributed by atoms with Crippen molar-refractivity contribution in [1.82, 2.24) is 0 Å². The molecule has 0 aliphatic rings. The van der Waals surface area contributed by atoms with Crippen LogP contribution in [0.1, 0.15) is 53.9 Å². The maximum Gasteiger partial charge on any atom is 0.0624 e. The van der Waals surface area contributed by atoms with Crippen LogP contribution in [0.4, 0.5) is 0 Å². The summed E-state index contributed by atoms with van der Waals surface area (Å²) in [6.07, 6.45) is 3.58. The molecule has 0 fully saturated rings. The standard InChI is InChI=1S/C12H27NO/c1-6-7-10(2)8-11(13)9-14-12(3,4)5/h10-11H,6-9,13H2,1-5H3. The predicted octanol–water partition coefficient (Wildman–Crippen LogP) is 2.96. The highest BCUT2D eigenvalue weighted by atomic mass is 16.5. The van der Waals surface area contributed by atoms with Crippen molar-refractivity contribution in [3.63, 3.8) is 0 Å². The molecule has 2 N–H and O–H groups in total. The minimum atomic E-state index is -0.0639. The first-order valence-electron chi connectivity index (χ1n) is 5.74. The van der Waals surface area contributed by atoms with Crippen molar-refractivity contribution in [2.75, 3.05) is 6.61 Å². The van der Waals surface area contributed by atoms with Crippen LogP contribution in [0.5, 0.6) is 0 Å². The summed E-state index contributed by atoms with van der Waals surface area (Å²) in [5.74, 6) is 0.721. The number of rotatable bonds is 6. The Labute approximate surface area is 89.2 Å². The lowest BCUT2D eigenvalue weighted by Gasteiger charge is -2.23. The van der Waals surface area contributed by atoms with Crippen LogP contribution < -0.4 is 5.73 Å². The van der Waals surface area contributed by atoms with E-state index in [1.807, 2.05) is 0 Å². The molecule has 2 heteroatoms. The largest absolute Gasteiger partial charge is 0.374 e. The van der Waals surface area contributed by atoms with Crippen molar-refractivity contribution in [1.29, 1.82) is 0 Å². The van der Waals surface area contributed by atoms with Gasteiger partial charge in [0.25, 0.3) is 0 Å². The second kappa shape index (κ2) is 6.41. The van der Waals surface area contributed by atoms with E-state index >= 15 is 0 Å². The summed E-state index contributed by atoms with van der Waals surface area (Å²) in [6, 6.07) is 0.191. The topological polar surface area (TPSA) is 35.2 Å². The second-order valence-corrected chi connectivity index (χ2v) is 5.31. The highest BCUT2D eigenvalue weighted by molar-refractivity contribution is 4.68.